The summed E-state index contributed by atoms with van der Waals surface area (Å²) in [5.74, 6) is -2.00. The van der Waals surface area contributed by atoms with Crippen molar-refractivity contribution in [3.8, 4) is 0 Å². The Bertz CT molecular complexity index is 397. The fourth-order valence-electron chi connectivity index (χ4n) is 1.80. The van der Waals surface area contributed by atoms with Gasteiger partial charge < -0.3 is 10.1 Å². The maximum absolute atomic E-state index is 12.9. The molecule has 0 unspecified atom stereocenters. The largest absolute Gasteiger partial charge is 0.376 e. The van der Waals surface area contributed by atoms with Gasteiger partial charge in [0.2, 0.25) is 0 Å². The molecule has 0 spiro atoms. The number of benzene rings is 1. The van der Waals surface area contributed by atoms with Crippen LogP contribution in [-0.2, 0) is 4.74 Å². The number of ether oxygens (including phenoxy) is 1. The van der Waals surface area contributed by atoms with E-state index in [1.165, 1.54) is 0 Å². The molecule has 92 valence electrons. The van der Waals surface area contributed by atoms with Crippen LogP contribution in [0.2, 0.25) is 0 Å². The molecule has 3 nitrogen and oxygen atoms in total. The van der Waals surface area contributed by atoms with E-state index in [4.69, 9.17) is 4.74 Å². The highest BCUT2D eigenvalue weighted by molar-refractivity contribution is 5.94. The molecule has 1 aliphatic rings. The molecule has 1 aromatic rings. The Labute approximate surface area is 97.8 Å². The van der Waals surface area contributed by atoms with Crippen molar-refractivity contribution in [1.29, 1.82) is 0 Å². The van der Waals surface area contributed by atoms with Gasteiger partial charge in [-0.05, 0) is 25.0 Å². The van der Waals surface area contributed by atoms with Crippen molar-refractivity contribution >= 4 is 5.91 Å². The summed E-state index contributed by atoms with van der Waals surface area (Å²) in [6.07, 6.45) is 1.89. The predicted octanol–water partition coefficient (Wildman–Crippen LogP) is 1.87. The zero-order valence-corrected chi connectivity index (χ0v) is 9.21. The van der Waals surface area contributed by atoms with Crippen molar-refractivity contribution < 1.29 is 18.3 Å². The average Bonchev–Trinajstić information content (AvgIpc) is 2.77. The Kier molecular flexibility index (Phi) is 3.68. The molecule has 1 N–H and O–H groups in total. The maximum Gasteiger partial charge on any atom is 0.251 e. The molecule has 0 radical (unpaired) electrons. The van der Waals surface area contributed by atoms with Crippen LogP contribution in [-0.4, -0.2) is 25.2 Å². The molecule has 2 rings (SSSR count). The zero-order chi connectivity index (χ0) is 12.3. The van der Waals surface area contributed by atoms with E-state index < -0.39 is 17.5 Å². The molecular formula is C12H13F2NO2. The van der Waals surface area contributed by atoms with Crippen LogP contribution in [0.3, 0.4) is 0 Å². The molecule has 1 saturated heterocycles. The summed E-state index contributed by atoms with van der Waals surface area (Å²) in [4.78, 5) is 11.6. The van der Waals surface area contributed by atoms with Gasteiger partial charge in [-0.15, -0.1) is 0 Å². The molecule has 1 amide bonds. The van der Waals surface area contributed by atoms with Gasteiger partial charge in [0, 0.05) is 24.8 Å². The van der Waals surface area contributed by atoms with Gasteiger partial charge >= 0.3 is 0 Å². The van der Waals surface area contributed by atoms with Gasteiger partial charge in [-0.3, -0.25) is 4.79 Å². The number of carbonyl (C=O) groups excluding carboxylic acids is 1. The lowest BCUT2D eigenvalue weighted by Gasteiger charge is -2.10. The zero-order valence-electron chi connectivity index (χ0n) is 9.21. The summed E-state index contributed by atoms with van der Waals surface area (Å²) in [5, 5.41) is 2.60. The quantitative estimate of drug-likeness (QED) is 0.877. The monoisotopic (exact) mass is 241 g/mol. The Balaban J connectivity index is 1.94. The molecule has 1 aromatic carbocycles. The highest BCUT2D eigenvalue weighted by atomic mass is 19.1. The van der Waals surface area contributed by atoms with Gasteiger partial charge in [0.25, 0.3) is 5.91 Å². The van der Waals surface area contributed by atoms with Crippen LogP contribution in [0.5, 0.6) is 0 Å². The maximum atomic E-state index is 12.9. The predicted molar refractivity (Wildman–Crippen MR) is 57.7 cm³/mol. The minimum absolute atomic E-state index is 0.0114. The summed E-state index contributed by atoms with van der Waals surface area (Å²) >= 11 is 0. The van der Waals surface area contributed by atoms with Gasteiger partial charge in [-0.25, -0.2) is 8.78 Å². The van der Waals surface area contributed by atoms with Crippen LogP contribution >= 0.6 is 0 Å². The lowest BCUT2D eigenvalue weighted by molar-refractivity contribution is 0.0857. The van der Waals surface area contributed by atoms with Gasteiger partial charge in [-0.1, -0.05) is 0 Å². The van der Waals surface area contributed by atoms with Crippen LogP contribution in [0.1, 0.15) is 23.2 Å². The van der Waals surface area contributed by atoms with E-state index in [2.05, 4.69) is 5.32 Å². The van der Waals surface area contributed by atoms with Crippen LogP contribution in [0, 0.1) is 11.6 Å². The summed E-state index contributed by atoms with van der Waals surface area (Å²) in [6.45, 7) is 1.08. The smallest absolute Gasteiger partial charge is 0.251 e. The SMILES string of the molecule is O=C(NC[C@H]1CCCO1)c1cc(F)cc(F)c1. The molecule has 0 aromatic heterocycles. The first-order chi connectivity index (χ1) is 8.15. The first-order valence-electron chi connectivity index (χ1n) is 5.51. The summed E-state index contributed by atoms with van der Waals surface area (Å²) in [6, 6.07) is 2.75. The lowest BCUT2D eigenvalue weighted by Crippen LogP contribution is -2.31. The van der Waals surface area contributed by atoms with E-state index in [1.54, 1.807) is 0 Å². The van der Waals surface area contributed by atoms with Crippen molar-refractivity contribution in [3.05, 3.63) is 35.4 Å². The van der Waals surface area contributed by atoms with E-state index in [-0.39, 0.29) is 11.7 Å². The fourth-order valence-corrected chi connectivity index (χ4v) is 1.80. The van der Waals surface area contributed by atoms with Crippen LogP contribution in [0.25, 0.3) is 0 Å². The Morgan fingerprint density at radius 2 is 2.06 bits per heavy atom. The molecule has 0 bridgehead atoms. The van der Waals surface area contributed by atoms with Crippen LogP contribution in [0.15, 0.2) is 18.2 Å². The molecule has 0 aliphatic carbocycles. The van der Waals surface area contributed by atoms with E-state index in [0.717, 1.165) is 31.0 Å². The van der Waals surface area contributed by atoms with Gasteiger partial charge in [0.05, 0.1) is 6.10 Å². The number of nitrogens with one attached hydrogen (secondary N) is 1. The number of hydrogen-bond donors (Lipinski definition) is 1. The highest BCUT2D eigenvalue weighted by Crippen LogP contribution is 2.11. The minimum Gasteiger partial charge on any atom is -0.376 e. The van der Waals surface area contributed by atoms with Gasteiger partial charge in [0.1, 0.15) is 11.6 Å². The van der Waals surface area contributed by atoms with Crippen LogP contribution in [0.4, 0.5) is 8.78 Å². The molecule has 5 heteroatoms. The Morgan fingerprint density at radius 1 is 1.35 bits per heavy atom. The van der Waals surface area contributed by atoms with E-state index in [9.17, 15) is 13.6 Å². The van der Waals surface area contributed by atoms with Crippen molar-refractivity contribution in [2.45, 2.75) is 18.9 Å². The molecule has 1 heterocycles. The molecule has 1 atom stereocenters. The number of halogens is 2. The van der Waals surface area contributed by atoms with Crippen molar-refractivity contribution in [2.24, 2.45) is 0 Å². The third-order valence-electron chi connectivity index (χ3n) is 2.64. The van der Waals surface area contributed by atoms with E-state index in [0.29, 0.717) is 13.2 Å². The normalized spacial score (nSPS) is 19.3. The van der Waals surface area contributed by atoms with Gasteiger partial charge in [0.15, 0.2) is 0 Å². The lowest BCUT2D eigenvalue weighted by atomic mass is 10.2. The molecule has 1 fully saturated rings. The standard InChI is InChI=1S/C12H13F2NO2/c13-9-4-8(5-10(14)6-9)12(16)15-7-11-2-1-3-17-11/h4-6,11H,1-3,7H2,(H,15,16)/t11-/m1/s1. The molecule has 1 aliphatic heterocycles. The van der Waals surface area contributed by atoms with E-state index in [1.807, 2.05) is 0 Å². The molecule has 17 heavy (non-hydrogen) atoms. The highest BCUT2D eigenvalue weighted by Gasteiger charge is 2.17. The first-order valence-corrected chi connectivity index (χ1v) is 5.51. The second kappa shape index (κ2) is 5.23. The summed E-state index contributed by atoms with van der Waals surface area (Å²) in [5.41, 5.74) is -0.0134. The second-order valence-corrected chi connectivity index (χ2v) is 4.00. The summed E-state index contributed by atoms with van der Waals surface area (Å²) in [7, 11) is 0. The number of rotatable bonds is 3. The topological polar surface area (TPSA) is 38.3 Å². The number of amides is 1. The Hall–Kier alpha value is -1.49. The summed E-state index contributed by atoms with van der Waals surface area (Å²) < 4.78 is 31.1. The Morgan fingerprint density at radius 3 is 2.65 bits per heavy atom. The van der Waals surface area contributed by atoms with Crippen molar-refractivity contribution in [1.82, 2.24) is 5.32 Å². The third-order valence-corrected chi connectivity index (χ3v) is 2.64. The average molecular weight is 241 g/mol. The van der Waals surface area contributed by atoms with Gasteiger partial charge in [-0.2, -0.15) is 0 Å². The van der Waals surface area contributed by atoms with E-state index >= 15 is 0 Å². The number of carbonyl (C=O) groups is 1. The molecular weight excluding hydrogens is 228 g/mol. The fraction of sp³-hybridized carbons (Fsp3) is 0.417. The van der Waals surface area contributed by atoms with Crippen molar-refractivity contribution in [3.63, 3.8) is 0 Å². The second-order valence-electron chi connectivity index (χ2n) is 4.00. The minimum atomic E-state index is -0.757. The third kappa shape index (κ3) is 3.23. The van der Waals surface area contributed by atoms with Crippen LogP contribution < -0.4 is 5.32 Å². The number of hydrogen-bond acceptors (Lipinski definition) is 2. The van der Waals surface area contributed by atoms with Crippen molar-refractivity contribution in [2.75, 3.05) is 13.2 Å². The molecule has 0 saturated carbocycles. The first kappa shape index (κ1) is 12.0.